The Bertz CT molecular complexity index is 1230. The van der Waals surface area contributed by atoms with Gasteiger partial charge in [0.25, 0.3) is 15.6 Å². The topological polar surface area (TPSA) is 112 Å². The van der Waals surface area contributed by atoms with Gasteiger partial charge in [-0.3, -0.25) is 9.59 Å². The van der Waals surface area contributed by atoms with Gasteiger partial charge in [-0.25, -0.2) is 13.5 Å². The maximum atomic E-state index is 13.2. The molecule has 2 N–H and O–H groups in total. The van der Waals surface area contributed by atoms with E-state index in [0.29, 0.717) is 34.1 Å². The molecule has 0 bridgehead atoms. The fraction of sp³-hybridized carbons (Fsp3) is 0.211. The fourth-order valence-corrected chi connectivity index (χ4v) is 6.53. The van der Waals surface area contributed by atoms with Crippen LogP contribution in [0.2, 0.25) is 5.02 Å². The molecule has 4 rings (SSSR count). The summed E-state index contributed by atoms with van der Waals surface area (Å²) in [6.45, 7) is 0.264. The zero-order valence-corrected chi connectivity index (χ0v) is 17.9. The lowest BCUT2D eigenvalue weighted by atomic mass is 10.2. The van der Waals surface area contributed by atoms with E-state index < -0.39 is 22.0 Å². The number of anilines is 1. The van der Waals surface area contributed by atoms with Crippen LogP contribution in [0.3, 0.4) is 0 Å². The van der Waals surface area contributed by atoms with Crippen LogP contribution in [-0.4, -0.2) is 41.4 Å². The Balaban J connectivity index is 1.56. The van der Waals surface area contributed by atoms with E-state index in [1.54, 1.807) is 30.3 Å². The molecule has 30 heavy (non-hydrogen) atoms. The Morgan fingerprint density at radius 2 is 2.07 bits per heavy atom. The highest BCUT2D eigenvalue weighted by Gasteiger charge is 2.40. The molecule has 0 spiro atoms. The molecule has 1 aromatic carbocycles. The summed E-state index contributed by atoms with van der Waals surface area (Å²) < 4.78 is 27.8. The third-order valence-corrected chi connectivity index (χ3v) is 8.39. The summed E-state index contributed by atoms with van der Waals surface area (Å²) in [5, 5.41) is 9.48. The molecule has 2 aromatic heterocycles. The van der Waals surface area contributed by atoms with Crippen molar-refractivity contribution in [2.75, 3.05) is 11.9 Å². The number of halogens is 1. The molecule has 1 fully saturated rings. The van der Waals surface area contributed by atoms with Crippen molar-refractivity contribution in [3.63, 3.8) is 0 Å². The Morgan fingerprint density at radius 3 is 2.80 bits per heavy atom. The van der Waals surface area contributed by atoms with Crippen molar-refractivity contribution in [3.05, 3.63) is 63.9 Å². The fourth-order valence-electron chi connectivity index (χ4n) is 3.28. The van der Waals surface area contributed by atoms with Gasteiger partial charge in [-0.2, -0.15) is 9.40 Å². The van der Waals surface area contributed by atoms with Crippen LogP contribution < -0.4 is 10.9 Å². The third-order valence-electron chi connectivity index (χ3n) is 4.67. The van der Waals surface area contributed by atoms with E-state index in [2.05, 4.69) is 15.5 Å². The first-order valence-electron chi connectivity index (χ1n) is 9.09. The molecule has 156 valence electrons. The molecule has 0 saturated carbocycles. The van der Waals surface area contributed by atoms with Crippen LogP contribution >= 0.6 is 22.9 Å². The number of nitrogens with zero attached hydrogens (tertiary/aromatic N) is 2. The number of rotatable bonds is 5. The number of H-pyrrole nitrogens is 1. The second-order valence-electron chi connectivity index (χ2n) is 6.70. The van der Waals surface area contributed by atoms with E-state index in [1.165, 1.54) is 22.5 Å². The van der Waals surface area contributed by atoms with Crippen molar-refractivity contribution in [3.8, 4) is 10.6 Å². The Hall–Kier alpha value is -2.53. The first-order chi connectivity index (χ1) is 14.3. The predicted molar refractivity (Wildman–Crippen MR) is 115 cm³/mol. The van der Waals surface area contributed by atoms with Crippen LogP contribution in [0.1, 0.15) is 12.8 Å². The van der Waals surface area contributed by atoms with Gasteiger partial charge in [0, 0.05) is 23.3 Å². The molecule has 3 aromatic rings. The van der Waals surface area contributed by atoms with Crippen LogP contribution in [0, 0.1) is 0 Å². The zero-order chi connectivity index (χ0) is 21.3. The summed E-state index contributed by atoms with van der Waals surface area (Å²) in [5.41, 5.74) is 0.644. The lowest BCUT2D eigenvalue weighted by Crippen LogP contribution is -2.42. The number of carbonyl (C=O) groups is 1. The van der Waals surface area contributed by atoms with Gasteiger partial charge in [0.15, 0.2) is 0 Å². The Morgan fingerprint density at radius 1 is 1.23 bits per heavy atom. The van der Waals surface area contributed by atoms with Gasteiger partial charge >= 0.3 is 0 Å². The summed E-state index contributed by atoms with van der Waals surface area (Å²) in [6, 6.07) is 11.9. The third kappa shape index (κ3) is 4.17. The predicted octanol–water partition coefficient (Wildman–Crippen LogP) is 2.94. The average Bonchev–Trinajstić information content (AvgIpc) is 3.39. The Kier molecular flexibility index (Phi) is 5.74. The number of hydrogen-bond acceptors (Lipinski definition) is 6. The number of thiophene rings is 1. The van der Waals surface area contributed by atoms with E-state index in [4.69, 9.17) is 11.6 Å². The molecule has 3 heterocycles. The molecule has 11 heteroatoms. The molecule has 8 nitrogen and oxygen atoms in total. The van der Waals surface area contributed by atoms with Crippen molar-refractivity contribution in [1.29, 1.82) is 0 Å². The van der Waals surface area contributed by atoms with Crippen LogP contribution in [0.15, 0.2) is 57.5 Å². The number of aromatic nitrogens is 2. The largest absolute Gasteiger partial charge is 0.325 e. The minimum Gasteiger partial charge on any atom is -0.325 e. The second-order valence-corrected chi connectivity index (χ2v) is 10.3. The SMILES string of the molecule is O=C(Nc1cccc(Cl)c1)C1CCCN1S(=O)(=O)c1ccc(-c2ccc(=O)[nH]n2)s1. The molecular formula is C19H17ClN4O4S2. The summed E-state index contributed by atoms with van der Waals surface area (Å²) in [6.07, 6.45) is 1.03. The number of sulfonamides is 1. The first-order valence-corrected chi connectivity index (χ1v) is 11.7. The quantitative estimate of drug-likeness (QED) is 0.602. The Labute approximate surface area is 181 Å². The van der Waals surface area contributed by atoms with E-state index in [-0.39, 0.29) is 16.3 Å². The van der Waals surface area contributed by atoms with Gasteiger partial charge in [-0.1, -0.05) is 17.7 Å². The summed E-state index contributed by atoms with van der Waals surface area (Å²) >= 11 is 6.99. The van der Waals surface area contributed by atoms with Gasteiger partial charge in [0.1, 0.15) is 15.9 Å². The number of hydrogen-bond donors (Lipinski definition) is 2. The summed E-state index contributed by atoms with van der Waals surface area (Å²) in [7, 11) is -3.86. The minimum absolute atomic E-state index is 0.118. The van der Waals surface area contributed by atoms with Gasteiger partial charge in [-0.15, -0.1) is 11.3 Å². The normalized spacial score (nSPS) is 17.2. The van der Waals surface area contributed by atoms with Crippen LogP contribution in [0.25, 0.3) is 10.6 Å². The highest BCUT2D eigenvalue weighted by Crippen LogP contribution is 2.34. The van der Waals surface area contributed by atoms with E-state index >= 15 is 0 Å². The maximum absolute atomic E-state index is 13.2. The van der Waals surface area contributed by atoms with Gasteiger partial charge in [0.2, 0.25) is 5.91 Å². The average molecular weight is 465 g/mol. The molecule has 1 saturated heterocycles. The van der Waals surface area contributed by atoms with Crippen molar-refractivity contribution < 1.29 is 13.2 Å². The van der Waals surface area contributed by atoms with E-state index in [1.807, 2.05) is 0 Å². The monoisotopic (exact) mass is 464 g/mol. The zero-order valence-electron chi connectivity index (χ0n) is 15.5. The van der Waals surface area contributed by atoms with E-state index in [9.17, 15) is 18.0 Å². The molecule has 0 radical (unpaired) electrons. The molecule has 1 aliphatic heterocycles. The smallest absolute Gasteiger partial charge is 0.264 e. The highest BCUT2D eigenvalue weighted by atomic mass is 35.5. The molecule has 1 atom stereocenters. The molecule has 1 aliphatic rings. The van der Waals surface area contributed by atoms with Crippen LogP contribution in [0.4, 0.5) is 5.69 Å². The minimum atomic E-state index is -3.86. The number of amides is 1. The maximum Gasteiger partial charge on any atom is 0.264 e. The van der Waals surface area contributed by atoms with Crippen molar-refractivity contribution >= 4 is 44.6 Å². The molecule has 1 amide bonds. The number of aromatic amines is 1. The van der Waals surface area contributed by atoms with E-state index in [0.717, 1.165) is 11.3 Å². The summed E-state index contributed by atoms with van der Waals surface area (Å²) in [5.74, 6) is -0.391. The second kappa shape index (κ2) is 8.31. The number of nitrogens with one attached hydrogen (secondary N) is 2. The van der Waals surface area contributed by atoms with Crippen LogP contribution in [-0.2, 0) is 14.8 Å². The molecule has 0 aliphatic carbocycles. The van der Waals surface area contributed by atoms with Crippen molar-refractivity contribution in [2.24, 2.45) is 0 Å². The first kappa shape index (κ1) is 20.7. The molecule has 1 unspecified atom stereocenters. The van der Waals surface area contributed by atoms with Crippen molar-refractivity contribution in [2.45, 2.75) is 23.1 Å². The summed E-state index contributed by atoms with van der Waals surface area (Å²) in [4.78, 5) is 24.6. The van der Waals surface area contributed by atoms with Gasteiger partial charge in [-0.05, 0) is 49.2 Å². The van der Waals surface area contributed by atoms with Gasteiger partial charge in [0.05, 0.1) is 4.88 Å². The standard InChI is InChI=1S/C19H17ClN4O4S2/c20-12-3-1-4-13(11-12)21-19(26)15-5-2-10-24(15)30(27,28)18-9-7-16(29-18)14-6-8-17(25)23-22-14/h1,3-4,6-9,11,15H,2,5,10H2,(H,21,26)(H,23,25). The highest BCUT2D eigenvalue weighted by molar-refractivity contribution is 7.91. The lowest BCUT2D eigenvalue weighted by Gasteiger charge is -2.22. The number of carbonyl (C=O) groups excluding carboxylic acids is 1. The van der Waals surface area contributed by atoms with Crippen LogP contribution in [0.5, 0.6) is 0 Å². The molecular weight excluding hydrogens is 448 g/mol. The van der Waals surface area contributed by atoms with Gasteiger partial charge < -0.3 is 5.32 Å². The van der Waals surface area contributed by atoms with Crippen molar-refractivity contribution in [1.82, 2.24) is 14.5 Å². The lowest BCUT2D eigenvalue weighted by molar-refractivity contribution is -0.119. The number of benzene rings is 1.